The third kappa shape index (κ3) is 1.36. The molecule has 0 saturated carbocycles. The Hall–Kier alpha value is -0.840. The molecule has 0 aromatic carbocycles. The molecule has 0 amide bonds. The molecule has 1 atom stereocenters. The number of thiocarbonyl (C=S) groups is 1. The van der Waals surface area contributed by atoms with Crippen molar-refractivity contribution in [2.75, 3.05) is 13.7 Å². The molecule has 0 spiro atoms. The van der Waals surface area contributed by atoms with Crippen LogP contribution in [0.5, 0.6) is 0 Å². The quantitative estimate of drug-likeness (QED) is 0.412. The summed E-state index contributed by atoms with van der Waals surface area (Å²) in [6, 6.07) is -0.419. The summed E-state index contributed by atoms with van der Waals surface area (Å²) in [5.74, 6) is -0.347. The molecule has 0 aromatic heterocycles. The van der Waals surface area contributed by atoms with Crippen molar-refractivity contribution in [3.8, 4) is 0 Å². The molecular weight excluding hydrogens is 154 g/mol. The van der Waals surface area contributed by atoms with Gasteiger partial charge in [-0.25, -0.2) is 4.79 Å². The predicted molar refractivity (Wildman–Crippen MR) is 37.5 cm³/mol. The van der Waals surface area contributed by atoms with E-state index >= 15 is 0 Å². The summed E-state index contributed by atoms with van der Waals surface area (Å²) in [5, 5.41) is 2.90. The Labute approximate surface area is 63.5 Å². The van der Waals surface area contributed by atoms with Gasteiger partial charge in [-0.05, 0) is 12.2 Å². The van der Waals surface area contributed by atoms with Gasteiger partial charge in [-0.3, -0.25) is 0 Å². The lowest BCUT2D eigenvalue weighted by Gasteiger charge is -2.02. The maximum Gasteiger partial charge on any atom is 0.331 e. The largest absolute Gasteiger partial charge is 0.468 e. The van der Waals surface area contributed by atoms with Crippen LogP contribution < -0.4 is 5.32 Å². The molecule has 1 N–H and O–H groups in total. The molecule has 1 fully saturated rings. The van der Waals surface area contributed by atoms with Crippen molar-refractivity contribution in [3.63, 3.8) is 0 Å². The van der Waals surface area contributed by atoms with E-state index in [0.29, 0.717) is 0 Å². The molecule has 4 nitrogen and oxygen atoms in total. The Morgan fingerprint density at radius 1 is 2.00 bits per heavy atom. The van der Waals surface area contributed by atoms with Crippen molar-refractivity contribution in [1.29, 1.82) is 0 Å². The minimum absolute atomic E-state index is 0.260. The Balaban J connectivity index is 2.44. The SMILES string of the molecule is COC(=O)C1COC(=S)N1. The van der Waals surface area contributed by atoms with Crippen molar-refractivity contribution in [2.24, 2.45) is 0 Å². The van der Waals surface area contributed by atoms with Crippen molar-refractivity contribution in [3.05, 3.63) is 0 Å². The monoisotopic (exact) mass is 161 g/mol. The Morgan fingerprint density at radius 2 is 2.70 bits per heavy atom. The zero-order valence-corrected chi connectivity index (χ0v) is 6.23. The second kappa shape index (κ2) is 2.83. The van der Waals surface area contributed by atoms with E-state index in [0.717, 1.165) is 0 Å². The molecule has 1 aliphatic rings. The number of nitrogens with one attached hydrogen (secondary N) is 1. The predicted octanol–water partition coefficient (Wildman–Crippen LogP) is -0.567. The highest BCUT2D eigenvalue weighted by atomic mass is 32.1. The molecule has 10 heavy (non-hydrogen) atoms. The molecule has 0 aromatic rings. The van der Waals surface area contributed by atoms with Crippen LogP contribution in [0.4, 0.5) is 0 Å². The van der Waals surface area contributed by atoms with Crippen molar-refractivity contribution in [2.45, 2.75) is 6.04 Å². The van der Waals surface area contributed by atoms with E-state index < -0.39 is 6.04 Å². The maximum atomic E-state index is 10.7. The van der Waals surface area contributed by atoms with Crippen molar-refractivity contribution >= 4 is 23.4 Å². The van der Waals surface area contributed by atoms with E-state index in [1.54, 1.807) is 0 Å². The van der Waals surface area contributed by atoms with E-state index in [4.69, 9.17) is 4.74 Å². The standard InChI is InChI=1S/C5H7NO3S/c1-8-4(7)3-2-9-5(10)6-3/h3H,2H2,1H3,(H,6,10). The molecule has 1 saturated heterocycles. The first-order valence-electron chi connectivity index (χ1n) is 2.75. The van der Waals surface area contributed by atoms with E-state index in [1.165, 1.54) is 7.11 Å². The van der Waals surface area contributed by atoms with Gasteiger partial charge in [-0.1, -0.05) is 0 Å². The van der Waals surface area contributed by atoms with Gasteiger partial charge in [0.05, 0.1) is 7.11 Å². The fraction of sp³-hybridized carbons (Fsp3) is 0.600. The van der Waals surface area contributed by atoms with Crippen LogP contribution in [-0.4, -0.2) is 30.9 Å². The molecule has 0 bridgehead atoms. The van der Waals surface area contributed by atoms with Crippen LogP contribution in [0, 0.1) is 0 Å². The first-order valence-corrected chi connectivity index (χ1v) is 3.16. The third-order valence-corrected chi connectivity index (χ3v) is 1.39. The summed E-state index contributed by atoms with van der Waals surface area (Å²) in [4.78, 5) is 10.7. The average Bonchev–Trinajstić information content (AvgIpc) is 2.34. The molecular formula is C5H7NO3S. The molecule has 1 aliphatic heterocycles. The molecule has 5 heteroatoms. The third-order valence-electron chi connectivity index (χ3n) is 1.16. The van der Waals surface area contributed by atoms with Gasteiger partial charge in [-0.2, -0.15) is 0 Å². The second-order valence-electron chi connectivity index (χ2n) is 1.82. The fourth-order valence-electron chi connectivity index (χ4n) is 0.654. The van der Waals surface area contributed by atoms with E-state index in [-0.39, 0.29) is 17.8 Å². The van der Waals surface area contributed by atoms with Crippen LogP contribution in [0.15, 0.2) is 0 Å². The van der Waals surface area contributed by atoms with Crippen LogP contribution in [0.1, 0.15) is 0 Å². The molecule has 0 radical (unpaired) electrons. The van der Waals surface area contributed by atoms with Crippen LogP contribution >= 0.6 is 12.2 Å². The number of ether oxygens (including phenoxy) is 2. The molecule has 0 aliphatic carbocycles. The molecule has 1 unspecified atom stereocenters. The molecule has 1 heterocycles. The second-order valence-corrected chi connectivity index (χ2v) is 2.19. The van der Waals surface area contributed by atoms with Crippen LogP contribution in [0.3, 0.4) is 0 Å². The first-order chi connectivity index (χ1) is 4.74. The van der Waals surface area contributed by atoms with Gasteiger partial charge in [0.25, 0.3) is 5.17 Å². The minimum Gasteiger partial charge on any atom is -0.468 e. The van der Waals surface area contributed by atoms with Gasteiger partial charge in [0.1, 0.15) is 6.61 Å². The summed E-state index contributed by atoms with van der Waals surface area (Å²) in [7, 11) is 1.32. The van der Waals surface area contributed by atoms with Crippen LogP contribution in [-0.2, 0) is 14.3 Å². The van der Waals surface area contributed by atoms with Crippen molar-refractivity contribution < 1.29 is 14.3 Å². The number of esters is 1. The smallest absolute Gasteiger partial charge is 0.331 e. The summed E-state index contributed by atoms with van der Waals surface area (Å²) in [6.45, 7) is 0.269. The highest BCUT2D eigenvalue weighted by Gasteiger charge is 2.26. The zero-order chi connectivity index (χ0) is 7.56. The van der Waals surface area contributed by atoms with Gasteiger partial charge in [0, 0.05) is 0 Å². The zero-order valence-electron chi connectivity index (χ0n) is 5.42. The highest BCUT2D eigenvalue weighted by Crippen LogP contribution is 1.98. The number of carbonyl (C=O) groups is 1. The summed E-state index contributed by atoms with van der Waals surface area (Å²) >= 11 is 4.62. The van der Waals surface area contributed by atoms with Gasteiger partial charge in [0.2, 0.25) is 0 Å². The minimum atomic E-state index is -0.419. The van der Waals surface area contributed by atoms with Crippen LogP contribution in [0.25, 0.3) is 0 Å². The topological polar surface area (TPSA) is 47.6 Å². The normalized spacial score (nSPS) is 23.3. The lowest BCUT2D eigenvalue weighted by molar-refractivity contribution is -0.142. The number of rotatable bonds is 1. The molecule has 56 valence electrons. The lowest BCUT2D eigenvalue weighted by atomic mass is 10.3. The van der Waals surface area contributed by atoms with Gasteiger partial charge in [-0.15, -0.1) is 0 Å². The summed E-state index contributed by atoms with van der Waals surface area (Å²) < 4.78 is 9.25. The highest BCUT2D eigenvalue weighted by molar-refractivity contribution is 7.80. The first kappa shape index (κ1) is 7.27. The van der Waals surface area contributed by atoms with Gasteiger partial charge < -0.3 is 14.8 Å². The number of carbonyl (C=O) groups excluding carboxylic acids is 1. The Morgan fingerprint density at radius 3 is 3.10 bits per heavy atom. The fourth-order valence-corrected chi connectivity index (χ4v) is 0.864. The van der Waals surface area contributed by atoms with Crippen molar-refractivity contribution in [1.82, 2.24) is 5.32 Å². The van der Waals surface area contributed by atoms with Gasteiger partial charge in [0.15, 0.2) is 6.04 Å². The van der Waals surface area contributed by atoms with E-state index in [2.05, 4.69) is 22.3 Å². The Bertz CT molecular complexity index is 170. The summed E-state index contributed by atoms with van der Waals surface area (Å²) in [5.41, 5.74) is 0. The number of hydrogen-bond donors (Lipinski definition) is 1. The maximum absolute atomic E-state index is 10.7. The average molecular weight is 161 g/mol. The van der Waals surface area contributed by atoms with E-state index in [1.807, 2.05) is 0 Å². The number of hydrogen-bond acceptors (Lipinski definition) is 4. The number of methoxy groups -OCH3 is 1. The van der Waals surface area contributed by atoms with Gasteiger partial charge >= 0.3 is 5.97 Å². The Kier molecular flexibility index (Phi) is 2.06. The van der Waals surface area contributed by atoms with Crippen LogP contribution in [0.2, 0.25) is 0 Å². The van der Waals surface area contributed by atoms with E-state index in [9.17, 15) is 4.79 Å². The lowest BCUT2D eigenvalue weighted by Crippen LogP contribution is -2.35. The molecule has 1 rings (SSSR count). The summed E-state index contributed by atoms with van der Waals surface area (Å²) in [6.07, 6.45) is 0.